The van der Waals surface area contributed by atoms with Gasteiger partial charge in [0.25, 0.3) is 0 Å². The fourth-order valence-corrected chi connectivity index (χ4v) is 5.35. The molecule has 0 amide bonds. The summed E-state index contributed by atoms with van der Waals surface area (Å²) in [5.41, 5.74) is 15.9. The zero-order valence-electron chi connectivity index (χ0n) is 32.5. The summed E-state index contributed by atoms with van der Waals surface area (Å²) in [5, 5.41) is 0. The summed E-state index contributed by atoms with van der Waals surface area (Å²) in [4.78, 5) is 0. The first-order chi connectivity index (χ1) is 21.4. The van der Waals surface area contributed by atoms with Crippen molar-refractivity contribution in [1.29, 1.82) is 0 Å². The molecule has 0 nitrogen and oxygen atoms in total. The molecule has 4 aromatic carbocycles. The molecule has 0 aromatic heterocycles. The SMILES string of the molecule is CC1CCC(C)(C)CC1.Cc1cc(C)c(C)c(C)c1.Cc1ccc(C(C)C)cc1C.Cc1ccc(C)c(C)c1.Cc1ccccc1. The second-order valence-electron chi connectivity index (χ2n) is 15.1. The molecule has 5 rings (SSSR count). The number of hydrogen-bond donors (Lipinski definition) is 0. The van der Waals surface area contributed by atoms with Gasteiger partial charge in [-0.1, -0.05) is 143 Å². The molecule has 4 aromatic rings. The summed E-state index contributed by atoms with van der Waals surface area (Å²) in [6.07, 6.45) is 5.78. The van der Waals surface area contributed by atoms with E-state index in [2.05, 4.69) is 165 Å². The van der Waals surface area contributed by atoms with Crippen molar-refractivity contribution >= 4 is 0 Å². The number of rotatable bonds is 1. The van der Waals surface area contributed by atoms with Gasteiger partial charge in [-0.2, -0.15) is 0 Å². The van der Waals surface area contributed by atoms with Gasteiger partial charge in [-0.25, -0.2) is 0 Å². The summed E-state index contributed by atoms with van der Waals surface area (Å²) in [6.45, 7) is 33.0. The molecule has 1 aliphatic carbocycles. The van der Waals surface area contributed by atoms with Gasteiger partial charge in [0.1, 0.15) is 0 Å². The molecule has 0 unspecified atom stereocenters. The van der Waals surface area contributed by atoms with Gasteiger partial charge in [-0.05, 0) is 144 Å². The largest absolute Gasteiger partial charge is 0.0625 e. The van der Waals surface area contributed by atoms with E-state index in [1.54, 1.807) is 0 Å². The van der Waals surface area contributed by atoms with Gasteiger partial charge >= 0.3 is 0 Å². The van der Waals surface area contributed by atoms with Crippen LogP contribution in [-0.2, 0) is 0 Å². The average molecular weight is 621 g/mol. The molecule has 1 fully saturated rings. The fraction of sp³-hybridized carbons (Fsp3) is 0.478. The molecular weight excluding hydrogens is 553 g/mol. The maximum absolute atomic E-state index is 2.39. The molecule has 1 aliphatic rings. The second kappa shape index (κ2) is 20.2. The van der Waals surface area contributed by atoms with E-state index < -0.39 is 0 Å². The lowest BCUT2D eigenvalue weighted by Gasteiger charge is -2.32. The Morgan fingerprint density at radius 3 is 1.33 bits per heavy atom. The van der Waals surface area contributed by atoms with Crippen LogP contribution in [0.2, 0.25) is 0 Å². The highest BCUT2D eigenvalue weighted by atomic mass is 14.3. The summed E-state index contributed by atoms with van der Waals surface area (Å²) in [5.74, 6) is 1.65. The first kappa shape index (κ1) is 40.9. The van der Waals surface area contributed by atoms with Gasteiger partial charge < -0.3 is 0 Å². The maximum atomic E-state index is 2.39. The molecule has 0 atom stereocenters. The molecule has 0 heteroatoms. The third-order valence-corrected chi connectivity index (χ3v) is 9.50. The van der Waals surface area contributed by atoms with E-state index >= 15 is 0 Å². The van der Waals surface area contributed by atoms with Crippen molar-refractivity contribution < 1.29 is 0 Å². The van der Waals surface area contributed by atoms with Crippen molar-refractivity contribution in [1.82, 2.24) is 0 Å². The minimum absolute atomic E-state index is 0.647. The molecule has 0 spiro atoms. The molecule has 0 heterocycles. The van der Waals surface area contributed by atoms with Crippen LogP contribution in [0.15, 0.2) is 78.9 Å². The predicted molar refractivity (Wildman–Crippen MR) is 209 cm³/mol. The lowest BCUT2D eigenvalue weighted by Crippen LogP contribution is -2.19. The Morgan fingerprint density at radius 1 is 0.500 bits per heavy atom. The van der Waals surface area contributed by atoms with Crippen molar-refractivity contribution in [3.05, 3.63) is 140 Å². The molecule has 0 aliphatic heterocycles. The van der Waals surface area contributed by atoms with E-state index in [4.69, 9.17) is 0 Å². The molecule has 0 N–H and O–H groups in total. The Morgan fingerprint density at radius 2 is 0.957 bits per heavy atom. The van der Waals surface area contributed by atoms with Crippen LogP contribution >= 0.6 is 0 Å². The normalized spacial score (nSPS) is 13.5. The van der Waals surface area contributed by atoms with Crippen molar-refractivity contribution in [2.24, 2.45) is 11.3 Å². The highest BCUT2D eigenvalue weighted by Gasteiger charge is 2.24. The molecule has 0 radical (unpaired) electrons. The summed E-state index contributed by atoms with van der Waals surface area (Å²) in [6, 6.07) is 27.9. The van der Waals surface area contributed by atoms with Crippen LogP contribution in [0.1, 0.15) is 127 Å². The van der Waals surface area contributed by atoms with Gasteiger partial charge in [0.2, 0.25) is 0 Å². The van der Waals surface area contributed by atoms with Crippen LogP contribution in [0.4, 0.5) is 0 Å². The van der Waals surface area contributed by atoms with E-state index in [0.717, 1.165) is 5.92 Å². The van der Waals surface area contributed by atoms with E-state index in [1.165, 1.54) is 86.9 Å². The van der Waals surface area contributed by atoms with E-state index in [1.807, 2.05) is 18.2 Å². The van der Waals surface area contributed by atoms with E-state index in [0.29, 0.717) is 11.3 Å². The summed E-state index contributed by atoms with van der Waals surface area (Å²) >= 11 is 0. The zero-order valence-corrected chi connectivity index (χ0v) is 32.5. The lowest BCUT2D eigenvalue weighted by molar-refractivity contribution is 0.201. The van der Waals surface area contributed by atoms with E-state index in [-0.39, 0.29) is 0 Å². The van der Waals surface area contributed by atoms with Crippen LogP contribution in [-0.4, -0.2) is 0 Å². The molecule has 0 saturated heterocycles. The van der Waals surface area contributed by atoms with Crippen molar-refractivity contribution in [2.75, 3.05) is 0 Å². The highest BCUT2D eigenvalue weighted by molar-refractivity contribution is 5.36. The minimum atomic E-state index is 0.647. The van der Waals surface area contributed by atoms with Crippen molar-refractivity contribution in [3.63, 3.8) is 0 Å². The molecule has 1 saturated carbocycles. The predicted octanol–water partition coefficient (Wildman–Crippen LogP) is 14.2. The van der Waals surface area contributed by atoms with Gasteiger partial charge in [0.15, 0.2) is 0 Å². The average Bonchev–Trinajstić information content (AvgIpc) is 2.98. The summed E-state index contributed by atoms with van der Waals surface area (Å²) in [7, 11) is 0. The van der Waals surface area contributed by atoms with Crippen molar-refractivity contribution in [2.45, 2.75) is 135 Å². The standard InChI is InChI=1S/C11H16.C10H14.C9H18.C9H12.C7H8/c1-8(2)11-6-5-9(3)10(4)7-11;1-7-5-8(2)10(4)9(3)6-7;1-8-4-6-9(2,3)7-5-8;1-7-4-5-8(2)9(3)6-7;1-7-5-3-2-4-6-7/h5-8H,1-4H3;5-6H,1-4H3;8H,4-7H2,1-3H3;4-6H,1-3H3;2-6H,1H3. The third kappa shape index (κ3) is 16.4. The van der Waals surface area contributed by atoms with Crippen LogP contribution in [0.3, 0.4) is 0 Å². The summed E-state index contributed by atoms with van der Waals surface area (Å²) < 4.78 is 0. The van der Waals surface area contributed by atoms with Crippen LogP contribution in [0.25, 0.3) is 0 Å². The Kier molecular flexibility index (Phi) is 18.0. The monoisotopic (exact) mass is 621 g/mol. The Balaban J connectivity index is 0.000000289. The number of benzene rings is 4. The minimum Gasteiger partial charge on any atom is -0.0625 e. The second-order valence-corrected chi connectivity index (χ2v) is 15.1. The maximum Gasteiger partial charge on any atom is -0.0219 e. The third-order valence-electron chi connectivity index (χ3n) is 9.50. The molecule has 46 heavy (non-hydrogen) atoms. The fourth-order valence-electron chi connectivity index (χ4n) is 5.35. The smallest absolute Gasteiger partial charge is 0.0219 e. The highest BCUT2D eigenvalue weighted by Crippen LogP contribution is 2.37. The van der Waals surface area contributed by atoms with Gasteiger partial charge in [0.05, 0.1) is 0 Å². The molecule has 0 bridgehead atoms. The first-order valence-electron chi connectivity index (χ1n) is 17.6. The quantitative estimate of drug-likeness (QED) is 0.199. The van der Waals surface area contributed by atoms with Crippen LogP contribution in [0, 0.1) is 80.6 Å². The van der Waals surface area contributed by atoms with Gasteiger partial charge in [0, 0.05) is 0 Å². The van der Waals surface area contributed by atoms with Crippen molar-refractivity contribution in [3.8, 4) is 0 Å². The Hall–Kier alpha value is -3.12. The Labute approximate surface area is 286 Å². The number of aryl methyl sites for hydroxylation is 9. The van der Waals surface area contributed by atoms with Crippen LogP contribution < -0.4 is 0 Å². The van der Waals surface area contributed by atoms with Gasteiger partial charge in [-0.3, -0.25) is 0 Å². The Bertz CT molecular complexity index is 1400. The first-order valence-corrected chi connectivity index (χ1v) is 17.6. The lowest BCUT2D eigenvalue weighted by atomic mass is 9.74. The topological polar surface area (TPSA) is 0 Å². The molecule has 252 valence electrons. The van der Waals surface area contributed by atoms with E-state index in [9.17, 15) is 0 Å². The zero-order chi connectivity index (χ0) is 35.0. The van der Waals surface area contributed by atoms with Gasteiger partial charge in [-0.15, -0.1) is 0 Å². The van der Waals surface area contributed by atoms with Crippen LogP contribution in [0.5, 0.6) is 0 Å². The molecular formula is C46H68. The number of hydrogen-bond acceptors (Lipinski definition) is 0.